The topological polar surface area (TPSA) is 435 Å². The zero-order valence-corrected chi connectivity index (χ0v) is 67.4. The molecule has 0 saturated heterocycles. The molecule has 4 aromatic rings. The summed E-state index contributed by atoms with van der Waals surface area (Å²) in [5.41, 5.74) is 24.3. The van der Waals surface area contributed by atoms with Gasteiger partial charge in [-0.05, 0) is 194 Å². The number of nitrogens with zero attached hydrogens (tertiary/aromatic N) is 8. The van der Waals surface area contributed by atoms with Crippen molar-refractivity contribution >= 4 is 47.3 Å². The standard InChI is InChI=1S/2C21H34N4O3.C20H32N4O4.C19H30N4O4/c2*1-13(2)12-25(21(27)18-11-19(28-24-18)15-4-5-15)17-8-6-16(7-9-17)23-20(26)10-14(3)22;1-13(21)11-19(25)22-15-5-7-16(8-6-15)24(9-10-27-2)20(26)17-12-18(28-23-17)14-3-4-14;1-12(20)10-18(25)21-14-4-6-15(7-5-14)23(8-9-24)19(26)16-11-17(27-22-16)13-2-3-13/h2*11,13-17H,4-10,12,22H2,1-3H3,(H,23,26);12-16H,3-11,21H2,1-2H3,(H,22,25);11-15,24H,2-10,20H2,1H3,(H,21,25)/t2*14-,16?,17?;13-,15?,16?;12-,14?,15?/m1001/s1. The predicted octanol–water partition coefficient (Wildman–Crippen LogP) is 8.59. The van der Waals surface area contributed by atoms with Crippen molar-refractivity contribution in [3.63, 3.8) is 0 Å². The molecule has 4 aromatic heterocycles. The van der Waals surface area contributed by atoms with Crippen LogP contribution in [-0.2, 0) is 23.9 Å². The number of hydrogen-bond acceptors (Lipinski definition) is 22. The fourth-order valence-electron chi connectivity index (χ4n) is 15.6. The molecule has 30 nitrogen and oxygen atoms in total. The number of aliphatic hydroxyl groups is 1. The summed E-state index contributed by atoms with van der Waals surface area (Å²) in [4.78, 5) is 107. The normalized spacial score (nSPS) is 23.5. The number of methoxy groups -OCH3 is 1. The second-order valence-corrected chi connectivity index (χ2v) is 34.0. The lowest BCUT2D eigenvalue weighted by atomic mass is 9.89. The zero-order chi connectivity index (χ0) is 80.0. The molecular weight excluding hydrogens is 1420 g/mol. The molecule has 0 bridgehead atoms. The summed E-state index contributed by atoms with van der Waals surface area (Å²) < 4.78 is 26.6. The Hall–Kier alpha value is -7.64. The molecule has 618 valence electrons. The maximum atomic E-state index is 13.1. The van der Waals surface area contributed by atoms with E-state index in [1.165, 1.54) is 0 Å². The first-order valence-corrected chi connectivity index (χ1v) is 41.5. The van der Waals surface area contributed by atoms with Crippen LogP contribution in [0, 0.1) is 11.8 Å². The first kappa shape index (κ1) is 87.3. The molecule has 0 aromatic carbocycles. The van der Waals surface area contributed by atoms with Crippen LogP contribution in [0.3, 0.4) is 0 Å². The van der Waals surface area contributed by atoms with Crippen molar-refractivity contribution < 1.29 is 66.3 Å². The van der Waals surface area contributed by atoms with Crippen molar-refractivity contribution in [2.24, 2.45) is 34.8 Å². The monoisotopic (exact) mass is 1550 g/mol. The number of aliphatic hydroxyl groups excluding tert-OH is 1. The highest BCUT2D eigenvalue weighted by molar-refractivity contribution is 5.94. The molecule has 30 heteroatoms. The summed E-state index contributed by atoms with van der Waals surface area (Å²) in [6.45, 7) is 18.4. The first-order valence-electron chi connectivity index (χ1n) is 41.5. The summed E-state index contributed by atoms with van der Waals surface area (Å²) in [7, 11) is 1.63. The molecule has 8 amide bonds. The minimum atomic E-state index is -0.191. The molecule has 8 aliphatic rings. The molecular formula is C81H130N16O14. The summed E-state index contributed by atoms with van der Waals surface area (Å²) in [5.74, 6) is 5.41. The molecule has 13 N–H and O–H groups in total. The number of nitrogens with two attached hydrogens (primary N) is 4. The molecule has 111 heavy (non-hydrogen) atoms. The van der Waals surface area contributed by atoms with E-state index in [-0.39, 0.29) is 133 Å². The van der Waals surface area contributed by atoms with Gasteiger partial charge in [0.05, 0.1) is 13.2 Å². The van der Waals surface area contributed by atoms with Crippen LogP contribution in [0.2, 0.25) is 0 Å². The summed E-state index contributed by atoms with van der Waals surface area (Å²) in [6, 6.07) is 7.76. The molecule has 0 unspecified atom stereocenters. The summed E-state index contributed by atoms with van der Waals surface area (Å²) >= 11 is 0. The highest BCUT2D eigenvalue weighted by atomic mass is 16.5. The molecule has 4 atom stereocenters. The van der Waals surface area contributed by atoms with Gasteiger partial charge in [-0.25, -0.2) is 0 Å². The quantitative estimate of drug-likeness (QED) is 0.0215. The Balaban J connectivity index is 0.000000170. The molecule has 0 spiro atoms. The molecule has 4 heterocycles. The minimum Gasteiger partial charge on any atom is -0.395 e. The van der Waals surface area contributed by atoms with Crippen molar-refractivity contribution in [1.29, 1.82) is 0 Å². The zero-order valence-electron chi connectivity index (χ0n) is 67.4. The number of rotatable bonds is 33. The third-order valence-electron chi connectivity index (χ3n) is 22.0. The second-order valence-electron chi connectivity index (χ2n) is 34.0. The van der Waals surface area contributed by atoms with Crippen molar-refractivity contribution in [1.82, 2.24) is 61.5 Å². The highest BCUT2D eigenvalue weighted by Gasteiger charge is 2.40. The van der Waals surface area contributed by atoms with E-state index in [2.05, 4.69) is 69.6 Å². The average Bonchev–Trinajstić information content (AvgIpc) is 1.63. The van der Waals surface area contributed by atoms with Gasteiger partial charge in [-0.1, -0.05) is 48.3 Å². The van der Waals surface area contributed by atoms with Crippen LogP contribution in [-0.4, -0.2) is 212 Å². The number of nitrogens with one attached hydrogen (secondary N) is 4. The Labute approximate surface area is 654 Å². The van der Waals surface area contributed by atoms with Gasteiger partial charge in [-0.2, -0.15) is 0 Å². The Morgan fingerprint density at radius 2 is 0.604 bits per heavy atom. The van der Waals surface area contributed by atoms with E-state index < -0.39 is 0 Å². The summed E-state index contributed by atoms with van der Waals surface area (Å²) in [5, 5.41) is 37.7. The summed E-state index contributed by atoms with van der Waals surface area (Å²) in [6.07, 6.45) is 23.8. The van der Waals surface area contributed by atoms with E-state index in [0.29, 0.717) is 110 Å². The number of carbonyl (C=O) groups excluding carboxylic acids is 8. The maximum Gasteiger partial charge on any atom is 0.276 e. The largest absolute Gasteiger partial charge is 0.395 e. The average molecular weight is 1550 g/mol. The van der Waals surface area contributed by atoms with Crippen molar-refractivity contribution in [3.8, 4) is 0 Å². The number of amides is 8. The lowest BCUT2D eigenvalue weighted by molar-refractivity contribution is -0.123. The van der Waals surface area contributed by atoms with Crippen LogP contribution in [0.4, 0.5) is 0 Å². The van der Waals surface area contributed by atoms with Gasteiger partial charge in [-0.15, -0.1) is 0 Å². The lowest BCUT2D eigenvalue weighted by Gasteiger charge is -2.37. The van der Waals surface area contributed by atoms with Gasteiger partial charge in [0.2, 0.25) is 23.6 Å². The molecule has 8 saturated carbocycles. The van der Waals surface area contributed by atoms with Crippen LogP contribution in [0.25, 0.3) is 0 Å². The molecule has 8 aliphatic carbocycles. The number of hydrogen-bond donors (Lipinski definition) is 9. The van der Waals surface area contributed by atoms with E-state index in [1.807, 2.05) is 54.5 Å². The fourth-order valence-corrected chi connectivity index (χ4v) is 15.6. The lowest BCUT2D eigenvalue weighted by Crippen LogP contribution is -2.47. The van der Waals surface area contributed by atoms with E-state index >= 15 is 0 Å². The third kappa shape index (κ3) is 28.2. The Kier molecular flexibility index (Phi) is 33.4. The highest BCUT2D eigenvalue weighted by Crippen LogP contribution is 2.43. The van der Waals surface area contributed by atoms with Crippen molar-refractivity contribution in [2.45, 2.75) is 331 Å². The molecule has 8 fully saturated rings. The van der Waals surface area contributed by atoms with Crippen molar-refractivity contribution in [3.05, 3.63) is 70.1 Å². The Bertz CT molecular complexity index is 3460. The van der Waals surface area contributed by atoms with Gasteiger partial charge < -0.3 is 91.7 Å². The number of aromatic nitrogens is 4. The van der Waals surface area contributed by atoms with E-state index in [9.17, 15) is 43.5 Å². The smallest absolute Gasteiger partial charge is 0.276 e. The minimum absolute atomic E-state index is 0.000896. The van der Waals surface area contributed by atoms with Crippen molar-refractivity contribution in [2.75, 3.05) is 46.5 Å². The van der Waals surface area contributed by atoms with Gasteiger partial charge in [0.25, 0.3) is 23.6 Å². The van der Waals surface area contributed by atoms with Crippen LogP contribution in [0.15, 0.2) is 42.4 Å². The molecule has 0 aliphatic heterocycles. The number of ether oxygens (including phenoxy) is 1. The van der Waals surface area contributed by atoms with Gasteiger partial charge in [0, 0.05) is 179 Å². The Morgan fingerprint density at radius 1 is 0.378 bits per heavy atom. The van der Waals surface area contributed by atoms with Crippen LogP contribution in [0.1, 0.15) is 324 Å². The number of carbonyl (C=O) groups is 8. The van der Waals surface area contributed by atoms with Gasteiger partial charge in [0.1, 0.15) is 23.0 Å². The predicted molar refractivity (Wildman–Crippen MR) is 417 cm³/mol. The van der Waals surface area contributed by atoms with Gasteiger partial charge in [-0.3, -0.25) is 38.4 Å². The first-order chi connectivity index (χ1) is 53.1. The molecule has 0 radical (unpaired) electrons. The van der Waals surface area contributed by atoms with E-state index in [4.69, 9.17) is 45.8 Å². The van der Waals surface area contributed by atoms with Gasteiger partial charge in [0.15, 0.2) is 22.8 Å². The van der Waals surface area contributed by atoms with Gasteiger partial charge >= 0.3 is 0 Å². The van der Waals surface area contributed by atoms with Crippen LogP contribution in [0.5, 0.6) is 0 Å². The fraction of sp³-hybridized carbons (Fsp3) is 0.753. The van der Waals surface area contributed by atoms with Crippen LogP contribution >= 0.6 is 0 Å². The second kappa shape index (κ2) is 42.5. The SMILES string of the molecule is CC(C)CN(C(=O)c1cc(C2CC2)on1)C1CCC(NC(=O)C[C@@H](C)N)CC1.CC(C)CN(C(=O)c1cc(C2CC2)on1)C1CCC(NC(=O)C[C@H](C)N)CC1.COCCN(C(=O)c1cc(C2CC2)on1)C1CCC(NC(=O)C[C@H](C)N)CC1.C[C@@H](N)CC(=O)NC1CCC(N(CCO)C(=O)c2cc(C3CC3)on2)CC1. The third-order valence-corrected chi connectivity index (χ3v) is 22.0. The van der Waals surface area contributed by atoms with Crippen LogP contribution < -0.4 is 44.2 Å². The van der Waals surface area contributed by atoms with E-state index in [0.717, 1.165) is 177 Å². The molecule has 12 rings (SSSR count). The Morgan fingerprint density at radius 3 is 0.811 bits per heavy atom. The maximum absolute atomic E-state index is 13.1. The van der Waals surface area contributed by atoms with E-state index in [1.54, 1.807) is 24.1 Å².